The van der Waals surface area contributed by atoms with Crippen LogP contribution in [-0.4, -0.2) is 38.3 Å². The van der Waals surface area contributed by atoms with Gasteiger partial charge in [-0.25, -0.2) is 9.18 Å². The van der Waals surface area contributed by atoms with Crippen LogP contribution < -0.4 is 20.4 Å². The molecule has 0 saturated carbocycles. The molecule has 1 atom stereocenters. The average molecular weight is 354 g/mol. The first-order valence-corrected chi connectivity index (χ1v) is 9.13. The summed E-state index contributed by atoms with van der Waals surface area (Å²) in [5.74, 6) is -0.249. The largest absolute Gasteiger partial charge is 0.338 e. The first-order chi connectivity index (χ1) is 12.7. The summed E-state index contributed by atoms with van der Waals surface area (Å²) in [6.07, 6.45) is 2.27. The molecule has 0 spiro atoms. The van der Waals surface area contributed by atoms with Crippen molar-refractivity contribution in [1.29, 1.82) is 0 Å². The lowest BCUT2D eigenvalue weighted by Gasteiger charge is -2.37. The van der Waals surface area contributed by atoms with E-state index in [-0.39, 0.29) is 11.8 Å². The van der Waals surface area contributed by atoms with Crippen molar-refractivity contribution >= 4 is 23.1 Å². The Morgan fingerprint density at radius 3 is 2.62 bits per heavy atom. The lowest BCUT2D eigenvalue weighted by atomic mass is 10.1. The van der Waals surface area contributed by atoms with E-state index in [1.807, 2.05) is 24.3 Å². The van der Waals surface area contributed by atoms with Crippen LogP contribution in [-0.2, 0) is 0 Å². The van der Waals surface area contributed by atoms with Crippen molar-refractivity contribution in [2.45, 2.75) is 18.9 Å². The van der Waals surface area contributed by atoms with Crippen molar-refractivity contribution in [2.75, 3.05) is 36.0 Å². The third-order valence-electron chi connectivity index (χ3n) is 5.06. The SMILES string of the molecule is O=C(NCC1CCCN1)N1CCN(c2ccc(F)cc2)c2ccccc21. The van der Waals surface area contributed by atoms with E-state index in [1.165, 1.54) is 18.6 Å². The van der Waals surface area contributed by atoms with Gasteiger partial charge in [0.05, 0.1) is 11.4 Å². The average Bonchev–Trinajstić information content (AvgIpc) is 3.20. The zero-order valence-corrected chi connectivity index (χ0v) is 14.6. The monoisotopic (exact) mass is 354 g/mol. The highest BCUT2D eigenvalue weighted by atomic mass is 19.1. The number of para-hydroxylation sites is 2. The van der Waals surface area contributed by atoms with E-state index >= 15 is 0 Å². The zero-order valence-electron chi connectivity index (χ0n) is 14.6. The van der Waals surface area contributed by atoms with Gasteiger partial charge >= 0.3 is 6.03 Å². The van der Waals surface area contributed by atoms with Crippen molar-refractivity contribution in [3.8, 4) is 0 Å². The summed E-state index contributed by atoms with van der Waals surface area (Å²) >= 11 is 0. The predicted molar refractivity (Wildman–Crippen MR) is 102 cm³/mol. The Hall–Kier alpha value is -2.60. The van der Waals surface area contributed by atoms with Crippen molar-refractivity contribution in [3.63, 3.8) is 0 Å². The highest BCUT2D eigenvalue weighted by Gasteiger charge is 2.27. The van der Waals surface area contributed by atoms with Crippen LogP contribution in [0.1, 0.15) is 12.8 Å². The van der Waals surface area contributed by atoms with Crippen LogP contribution in [0.4, 0.5) is 26.2 Å². The Kier molecular flexibility index (Phi) is 4.75. The second-order valence-corrected chi connectivity index (χ2v) is 6.75. The minimum Gasteiger partial charge on any atom is -0.338 e. The van der Waals surface area contributed by atoms with E-state index in [0.29, 0.717) is 25.7 Å². The number of amides is 2. The maximum Gasteiger partial charge on any atom is 0.322 e. The lowest BCUT2D eigenvalue weighted by molar-refractivity contribution is 0.245. The van der Waals surface area contributed by atoms with Gasteiger partial charge in [0.1, 0.15) is 5.82 Å². The molecule has 2 aliphatic heterocycles. The fraction of sp³-hybridized carbons (Fsp3) is 0.350. The fourth-order valence-electron chi connectivity index (χ4n) is 3.70. The van der Waals surface area contributed by atoms with E-state index in [9.17, 15) is 9.18 Å². The van der Waals surface area contributed by atoms with Crippen molar-refractivity contribution < 1.29 is 9.18 Å². The number of benzene rings is 2. The van der Waals surface area contributed by atoms with E-state index in [1.54, 1.807) is 17.0 Å². The Morgan fingerprint density at radius 2 is 1.88 bits per heavy atom. The molecule has 0 bridgehead atoms. The summed E-state index contributed by atoms with van der Waals surface area (Å²) in [4.78, 5) is 16.6. The number of carbonyl (C=O) groups excluding carboxylic acids is 1. The fourth-order valence-corrected chi connectivity index (χ4v) is 3.70. The molecule has 5 nitrogen and oxygen atoms in total. The Labute approximate surface area is 152 Å². The summed E-state index contributed by atoms with van der Waals surface area (Å²) < 4.78 is 13.2. The third kappa shape index (κ3) is 3.37. The van der Waals surface area contributed by atoms with E-state index < -0.39 is 0 Å². The summed E-state index contributed by atoms with van der Waals surface area (Å²) in [6, 6.07) is 14.6. The van der Waals surface area contributed by atoms with Gasteiger partial charge < -0.3 is 15.5 Å². The van der Waals surface area contributed by atoms with Gasteiger partial charge in [0.25, 0.3) is 0 Å². The van der Waals surface area contributed by atoms with Gasteiger partial charge in [0.2, 0.25) is 0 Å². The van der Waals surface area contributed by atoms with Gasteiger partial charge in [0.15, 0.2) is 0 Å². The van der Waals surface area contributed by atoms with Gasteiger partial charge in [-0.05, 0) is 55.8 Å². The van der Waals surface area contributed by atoms with Gasteiger partial charge in [-0.3, -0.25) is 4.90 Å². The van der Waals surface area contributed by atoms with Gasteiger partial charge in [0, 0.05) is 31.4 Å². The zero-order chi connectivity index (χ0) is 17.9. The van der Waals surface area contributed by atoms with Crippen LogP contribution in [0.25, 0.3) is 0 Å². The summed E-state index contributed by atoms with van der Waals surface area (Å²) in [7, 11) is 0. The summed E-state index contributed by atoms with van der Waals surface area (Å²) in [5.41, 5.74) is 2.76. The third-order valence-corrected chi connectivity index (χ3v) is 5.06. The van der Waals surface area contributed by atoms with Crippen LogP contribution in [0, 0.1) is 5.82 Å². The minimum atomic E-state index is -0.249. The molecule has 2 aromatic carbocycles. The van der Waals surface area contributed by atoms with E-state index in [4.69, 9.17) is 0 Å². The maximum atomic E-state index is 13.2. The first-order valence-electron chi connectivity index (χ1n) is 9.13. The summed E-state index contributed by atoms with van der Waals surface area (Å²) in [6.45, 7) is 2.93. The van der Waals surface area contributed by atoms with Crippen molar-refractivity contribution in [1.82, 2.24) is 10.6 Å². The minimum absolute atomic E-state index is 0.0649. The summed E-state index contributed by atoms with van der Waals surface area (Å²) in [5, 5.41) is 6.45. The molecular formula is C20H23FN4O. The number of urea groups is 1. The van der Waals surface area contributed by atoms with Crippen LogP contribution in [0.5, 0.6) is 0 Å². The molecule has 0 aliphatic carbocycles. The number of hydrogen-bond donors (Lipinski definition) is 2. The van der Waals surface area contributed by atoms with Crippen LogP contribution >= 0.6 is 0 Å². The van der Waals surface area contributed by atoms with Crippen molar-refractivity contribution in [3.05, 3.63) is 54.3 Å². The molecule has 6 heteroatoms. The Balaban J connectivity index is 1.53. The molecule has 2 amide bonds. The predicted octanol–water partition coefficient (Wildman–Crippen LogP) is 3.25. The Bertz CT molecular complexity index is 774. The molecule has 4 rings (SSSR count). The second kappa shape index (κ2) is 7.33. The number of hydrogen-bond acceptors (Lipinski definition) is 3. The number of rotatable bonds is 3. The maximum absolute atomic E-state index is 13.2. The van der Waals surface area contributed by atoms with E-state index in [2.05, 4.69) is 15.5 Å². The normalized spacial score (nSPS) is 19.3. The van der Waals surface area contributed by atoms with Crippen LogP contribution in [0.3, 0.4) is 0 Å². The molecule has 1 saturated heterocycles. The molecular weight excluding hydrogens is 331 g/mol. The lowest BCUT2D eigenvalue weighted by Crippen LogP contribution is -2.49. The molecule has 0 radical (unpaired) electrons. The Morgan fingerprint density at radius 1 is 1.12 bits per heavy atom. The van der Waals surface area contributed by atoms with Crippen LogP contribution in [0.2, 0.25) is 0 Å². The first kappa shape index (κ1) is 16.8. The molecule has 1 unspecified atom stereocenters. The number of halogens is 1. The molecule has 2 N–H and O–H groups in total. The molecule has 136 valence electrons. The number of anilines is 3. The smallest absolute Gasteiger partial charge is 0.322 e. The van der Waals surface area contributed by atoms with Crippen molar-refractivity contribution in [2.24, 2.45) is 0 Å². The molecule has 1 fully saturated rings. The highest BCUT2D eigenvalue weighted by Crippen LogP contribution is 2.37. The van der Waals surface area contributed by atoms with Gasteiger partial charge in [-0.15, -0.1) is 0 Å². The standard InChI is InChI=1S/C20H23FN4O/c21-15-7-9-17(10-8-15)24-12-13-25(19-6-2-1-5-18(19)24)20(26)23-14-16-4-3-11-22-16/h1-2,5-10,16,22H,3-4,11-14H2,(H,23,26). The number of nitrogens with one attached hydrogen (secondary N) is 2. The molecule has 2 heterocycles. The topological polar surface area (TPSA) is 47.6 Å². The van der Waals surface area contributed by atoms with Crippen LogP contribution in [0.15, 0.2) is 48.5 Å². The number of nitrogens with zero attached hydrogens (tertiary/aromatic N) is 2. The van der Waals surface area contributed by atoms with Gasteiger partial charge in [-0.2, -0.15) is 0 Å². The van der Waals surface area contributed by atoms with E-state index in [0.717, 1.165) is 30.0 Å². The highest BCUT2D eigenvalue weighted by molar-refractivity contribution is 5.97. The molecule has 2 aliphatic rings. The van der Waals surface area contributed by atoms with Gasteiger partial charge in [-0.1, -0.05) is 12.1 Å². The quantitative estimate of drug-likeness (QED) is 0.890. The number of fused-ring (bicyclic) bond motifs is 1. The second-order valence-electron chi connectivity index (χ2n) is 6.75. The number of carbonyl (C=O) groups is 1. The molecule has 2 aromatic rings. The molecule has 0 aromatic heterocycles. The molecule has 26 heavy (non-hydrogen) atoms.